The number of ether oxygens (including phenoxy) is 1. The lowest BCUT2D eigenvalue weighted by molar-refractivity contribution is -0.143. The lowest BCUT2D eigenvalue weighted by atomic mass is 9.87. The molecule has 40 heavy (non-hydrogen) atoms. The Bertz CT molecular complexity index is 1520. The molecule has 3 aromatic rings. The maximum absolute atomic E-state index is 13.6. The van der Waals surface area contributed by atoms with Gasteiger partial charge in [0.25, 0.3) is 5.88 Å². The molecule has 0 bridgehead atoms. The number of fused-ring (bicyclic) bond motifs is 1. The summed E-state index contributed by atoms with van der Waals surface area (Å²) in [6, 6.07) is 8.28. The highest BCUT2D eigenvalue weighted by Gasteiger charge is 2.31. The first-order valence-corrected chi connectivity index (χ1v) is 14.8. The Morgan fingerprint density at radius 2 is 1.93 bits per heavy atom. The number of carboxylic acid groups (broad SMARTS) is 1. The van der Waals surface area contributed by atoms with Crippen LogP contribution in [-0.4, -0.2) is 50.4 Å². The molecule has 1 atom stereocenters. The molecule has 1 saturated heterocycles. The van der Waals surface area contributed by atoms with E-state index in [4.69, 9.17) is 9.72 Å². The van der Waals surface area contributed by atoms with Crippen molar-refractivity contribution in [3.8, 4) is 17.7 Å². The molecule has 1 unspecified atom stereocenters. The van der Waals surface area contributed by atoms with Crippen LogP contribution in [0.15, 0.2) is 24.3 Å². The van der Waals surface area contributed by atoms with Crippen LogP contribution < -0.4 is 14.5 Å². The number of rotatable bonds is 6. The van der Waals surface area contributed by atoms with Crippen molar-refractivity contribution in [1.29, 1.82) is 0 Å². The number of carbonyl (C=O) groups is 2. The number of benzene rings is 1. The minimum absolute atomic E-state index is 0.134. The molecule has 2 aliphatic rings. The molecule has 1 aromatic carbocycles. The summed E-state index contributed by atoms with van der Waals surface area (Å²) in [7, 11) is 1.83. The van der Waals surface area contributed by atoms with E-state index >= 15 is 0 Å². The average molecular weight is 656 g/mol. The Morgan fingerprint density at radius 3 is 2.58 bits per heavy atom. The maximum Gasteiger partial charge on any atom is 0.308 e. The Labute approximate surface area is 248 Å². The summed E-state index contributed by atoms with van der Waals surface area (Å²) >= 11 is 2.35. The molecular weight excluding hydrogens is 621 g/mol. The predicted molar refractivity (Wildman–Crippen MR) is 163 cm³/mol. The van der Waals surface area contributed by atoms with Crippen molar-refractivity contribution in [3.63, 3.8) is 0 Å². The average Bonchev–Trinajstić information content (AvgIpc) is 3.49. The molecule has 3 heterocycles. The normalized spacial score (nSPS) is 20.7. The molecular formula is C30H34IN5O4. The molecule has 1 aliphatic heterocycles. The van der Waals surface area contributed by atoms with Gasteiger partial charge < -0.3 is 14.7 Å². The summed E-state index contributed by atoms with van der Waals surface area (Å²) in [6.07, 6.45) is 4.50. The van der Waals surface area contributed by atoms with Crippen molar-refractivity contribution in [2.75, 3.05) is 16.3 Å². The second kappa shape index (κ2) is 11.6. The first kappa shape index (κ1) is 28.2. The summed E-state index contributed by atoms with van der Waals surface area (Å²) in [6.45, 7) is 6.84. The smallest absolute Gasteiger partial charge is 0.308 e. The standard InChI is InChI=1S/C30H34IN5O4/c1-5-7-27(37)36(25-16-18(2)22(31)17-24(25)35-15-6-8-19(35)3)26-14-13-23-28(32-26)29(33-34(23)4)40-21-11-9-20(10-12-21)30(38)39/h13-14,16-17,19-21H,6,8-12,15H2,1-4H3,(H,38,39)/t19?,20-,21-. The van der Waals surface area contributed by atoms with Gasteiger partial charge in [0.2, 0.25) is 0 Å². The number of halogens is 1. The van der Waals surface area contributed by atoms with Gasteiger partial charge in [0.15, 0.2) is 5.52 Å². The predicted octanol–water partition coefficient (Wildman–Crippen LogP) is 5.58. The van der Waals surface area contributed by atoms with Crippen molar-refractivity contribution in [2.24, 2.45) is 13.0 Å². The second-order valence-electron chi connectivity index (χ2n) is 10.7. The number of aliphatic carboxylic acids is 1. The third-order valence-corrected chi connectivity index (χ3v) is 9.14. The zero-order valence-corrected chi connectivity index (χ0v) is 25.4. The van der Waals surface area contributed by atoms with Gasteiger partial charge >= 0.3 is 11.9 Å². The van der Waals surface area contributed by atoms with Crippen LogP contribution in [0.4, 0.5) is 17.2 Å². The van der Waals surface area contributed by atoms with E-state index in [-0.39, 0.29) is 17.9 Å². The molecule has 2 aromatic heterocycles. The summed E-state index contributed by atoms with van der Waals surface area (Å²) in [5, 5.41) is 13.9. The number of anilines is 3. The van der Waals surface area contributed by atoms with E-state index in [1.54, 1.807) is 16.5 Å². The van der Waals surface area contributed by atoms with E-state index in [0.717, 1.165) is 45.4 Å². The molecule has 2 fully saturated rings. The molecule has 1 N–H and O–H groups in total. The lowest BCUT2D eigenvalue weighted by Gasteiger charge is -2.31. The zero-order valence-electron chi connectivity index (χ0n) is 23.3. The summed E-state index contributed by atoms with van der Waals surface area (Å²) in [5.41, 5.74) is 4.15. The van der Waals surface area contributed by atoms with E-state index in [1.165, 1.54) is 0 Å². The highest BCUT2D eigenvalue weighted by atomic mass is 127. The number of hydrogen-bond donors (Lipinski definition) is 1. The van der Waals surface area contributed by atoms with Crippen molar-refractivity contribution in [1.82, 2.24) is 14.8 Å². The van der Waals surface area contributed by atoms with Crippen LogP contribution in [0.3, 0.4) is 0 Å². The molecule has 1 aliphatic carbocycles. The van der Waals surface area contributed by atoms with Crippen molar-refractivity contribution >= 4 is 62.7 Å². The highest BCUT2D eigenvalue weighted by molar-refractivity contribution is 14.1. The Morgan fingerprint density at radius 1 is 1.18 bits per heavy atom. The van der Waals surface area contributed by atoms with E-state index in [2.05, 4.69) is 57.4 Å². The molecule has 10 heteroatoms. The summed E-state index contributed by atoms with van der Waals surface area (Å²) < 4.78 is 9.14. The number of hydrogen-bond acceptors (Lipinski definition) is 6. The number of carboxylic acids is 1. The fourth-order valence-corrected chi connectivity index (χ4v) is 6.19. The van der Waals surface area contributed by atoms with Gasteiger partial charge in [0.05, 0.1) is 22.8 Å². The van der Waals surface area contributed by atoms with Crippen LogP contribution in [0.5, 0.6) is 5.88 Å². The van der Waals surface area contributed by atoms with E-state index in [0.29, 0.717) is 48.9 Å². The van der Waals surface area contributed by atoms with Crippen LogP contribution in [0.1, 0.15) is 57.9 Å². The number of aromatic nitrogens is 3. The number of carbonyl (C=O) groups excluding carboxylic acids is 1. The third-order valence-electron chi connectivity index (χ3n) is 7.98. The van der Waals surface area contributed by atoms with Gasteiger partial charge in [-0.2, -0.15) is 0 Å². The largest absolute Gasteiger partial charge is 0.481 e. The van der Waals surface area contributed by atoms with Crippen LogP contribution in [0.25, 0.3) is 11.0 Å². The molecule has 210 valence electrons. The van der Waals surface area contributed by atoms with Crippen molar-refractivity contribution < 1.29 is 19.4 Å². The molecule has 9 nitrogen and oxygen atoms in total. The van der Waals surface area contributed by atoms with Crippen LogP contribution in [0.2, 0.25) is 0 Å². The van der Waals surface area contributed by atoms with Gasteiger partial charge in [-0.15, -0.1) is 5.10 Å². The fraction of sp³-hybridized carbons (Fsp3) is 0.467. The topological polar surface area (TPSA) is 101 Å². The number of amides is 1. The molecule has 1 saturated carbocycles. The SMILES string of the molecule is CC#CC(=O)N(c1ccc2c(n1)c(O[C@H]1CC[C@H](C(=O)O)CC1)nn2C)c1cc(C)c(I)cc1N1CCCC1C. The summed E-state index contributed by atoms with van der Waals surface area (Å²) in [5.74, 6) is 4.89. The molecule has 0 spiro atoms. The Hall–Kier alpha value is -3.33. The van der Waals surface area contributed by atoms with Gasteiger partial charge in [-0.1, -0.05) is 5.92 Å². The Balaban J connectivity index is 1.57. The second-order valence-corrected chi connectivity index (χ2v) is 11.8. The van der Waals surface area contributed by atoms with Gasteiger partial charge in [-0.25, -0.2) is 4.98 Å². The monoisotopic (exact) mass is 655 g/mol. The lowest BCUT2D eigenvalue weighted by Crippen LogP contribution is -2.31. The zero-order chi connectivity index (χ0) is 28.6. The summed E-state index contributed by atoms with van der Waals surface area (Å²) in [4.78, 5) is 33.9. The quantitative estimate of drug-likeness (QED) is 0.274. The third kappa shape index (κ3) is 5.48. The molecule has 5 rings (SSSR count). The number of pyridine rings is 1. The highest BCUT2D eigenvalue weighted by Crippen LogP contribution is 2.41. The van der Waals surface area contributed by atoms with Gasteiger partial charge in [-0.3, -0.25) is 19.2 Å². The fourth-order valence-electron chi connectivity index (χ4n) is 5.74. The van der Waals surface area contributed by atoms with Gasteiger partial charge in [0.1, 0.15) is 11.9 Å². The van der Waals surface area contributed by atoms with Crippen molar-refractivity contribution in [3.05, 3.63) is 33.4 Å². The van der Waals surface area contributed by atoms with E-state index in [1.807, 2.05) is 32.2 Å². The van der Waals surface area contributed by atoms with Gasteiger partial charge in [-0.05, 0) is 118 Å². The Kier molecular flexibility index (Phi) is 8.21. The maximum atomic E-state index is 13.6. The number of aryl methyl sites for hydroxylation is 2. The van der Waals surface area contributed by atoms with Gasteiger partial charge in [0, 0.05) is 23.2 Å². The van der Waals surface area contributed by atoms with Crippen LogP contribution >= 0.6 is 22.6 Å². The number of nitrogens with zero attached hydrogens (tertiary/aromatic N) is 5. The van der Waals surface area contributed by atoms with Crippen molar-refractivity contribution in [2.45, 2.75) is 71.4 Å². The first-order chi connectivity index (χ1) is 19.2. The van der Waals surface area contributed by atoms with Crippen LogP contribution in [-0.2, 0) is 16.6 Å². The minimum Gasteiger partial charge on any atom is -0.481 e. The van der Waals surface area contributed by atoms with Crippen LogP contribution in [0, 0.1) is 28.3 Å². The van der Waals surface area contributed by atoms with E-state index < -0.39 is 5.97 Å². The molecule has 0 radical (unpaired) electrons. The minimum atomic E-state index is -0.749. The van der Waals surface area contributed by atoms with E-state index in [9.17, 15) is 14.7 Å². The molecule has 1 amide bonds. The first-order valence-electron chi connectivity index (χ1n) is 13.7.